The Labute approximate surface area is 47.4 Å². The first-order valence-electron chi connectivity index (χ1n) is 1.32. The van der Waals surface area contributed by atoms with Crippen LogP contribution in [0.4, 0.5) is 0 Å². The van der Waals surface area contributed by atoms with Crippen molar-refractivity contribution in [3.05, 3.63) is 0 Å². The van der Waals surface area contributed by atoms with Gasteiger partial charge < -0.3 is 11.5 Å². The summed E-state index contributed by atoms with van der Waals surface area (Å²) in [6, 6.07) is 0. The van der Waals surface area contributed by atoms with Crippen LogP contribution in [0, 0.1) is 0 Å². The zero-order valence-corrected chi connectivity index (χ0v) is 4.35. The van der Waals surface area contributed by atoms with E-state index in [9.17, 15) is 0 Å². The van der Waals surface area contributed by atoms with Gasteiger partial charge in [0.25, 0.3) is 0 Å². The summed E-state index contributed by atoms with van der Waals surface area (Å²) < 4.78 is 0. The molecular weight excluding hydrogens is 160 g/mol. The van der Waals surface area contributed by atoms with Crippen molar-refractivity contribution in [1.82, 2.24) is 0 Å². The second-order valence-corrected chi connectivity index (χ2v) is 0.577. The van der Waals surface area contributed by atoms with Gasteiger partial charge in [0.1, 0.15) is 0 Å². The van der Waals surface area contributed by atoms with Gasteiger partial charge in [0.15, 0.2) is 0 Å². The van der Waals surface area contributed by atoms with Crippen molar-refractivity contribution < 1.29 is 22.4 Å². The Morgan fingerprint density at radius 1 is 1.00 bits per heavy atom. The molecule has 0 heterocycles. The van der Waals surface area contributed by atoms with Crippen LogP contribution >= 0.6 is 0 Å². The summed E-state index contributed by atoms with van der Waals surface area (Å²) in [5.74, 6) is 0. The molecule has 0 unspecified atom stereocenters. The second kappa shape index (κ2) is 8.82. The topological polar surface area (TPSA) is 52.0 Å². The third-order valence-electron chi connectivity index (χ3n) is 0.167. The third-order valence-corrected chi connectivity index (χ3v) is 0.167. The fourth-order valence-electron chi connectivity index (χ4n) is 0. The Kier molecular flexibility index (Phi) is 16.2. The summed E-state index contributed by atoms with van der Waals surface area (Å²) >= 11 is 0. The maximum absolute atomic E-state index is 4.90. The number of hydrogen-bond donors (Lipinski definition) is 2. The van der Waals surface area contributed by atoms with Crippen molar-refractivity contribution in [3.8, 4) is 0 Å². The van der Waals surface area contributed by atoms with Crippen LogP contribution in [0.2, 0.25) is 0 Å². The molecule has 0 bridgehead atoms. The molecule has 0 spiro atoms. The SMILES string of the molecule is NCCN.[Ag+]. The minimum Gasteiger partial charge on any atom is -0.329 e. The van der Waals surface area contributed by atoms with Gasteiger partial charge in [0.2, 0.25) is 0 Å². The van der Waals surface area contributed by atoms with Gasteiger partial charge in [-0.15, -0.1) is 0 Å². The molecule has 0 atom stereocenters. The monoisotopic (exact) mass is 167 g/mol. The maximum Gasteiger partial charge on any atom is 1.00 e. The van der Waals surface area contributed by atoms with Gasteiger partial charge in [0.05, 0.1) is 0 Å². The van der Waals surface area contributed by atoms with Crippen molar-refractivity contribution in [2.24, 2.45) is 11.5 Å². The van der Waals surface area contributed by atoms with Gasteiger partial charge >= 0.3 is 22.4 Å². The van der Waals surface area contributed by atoms with Crippen LogP contribution in [0.1, 0.15) is 0 Å². The predicted molar refractivity (Wildman–Crippen MR) is 18.1 cm³/mol. The Balaban J connectivity index is 0. The van der Waals surface area contributed by atoms with Gasteiger partial charge in [-0.3, -0.25) is 0 Å². The Bertz CT molecular complexity index is 9.61. The van der Waals surface area contributed by atoms with E-state index in [0.717, 1.165) is 0 Å². The van der Waals surface area contributed by atoms with E-state index in [0.29, 0.717) is 13.1 Å². The fraction of sp³-hybridized carbons (Fsp3) is 1.00. The standard InChI is InChI=1S/C2H8N2.Ag/c3-1-2-4;/h1-4H2;/q;+1. The van der Waals surface area contributed by atoms with E-state index in [1.165, 1.54) is 0 Å². The molecule has 5 heavy (non-hydrogen) atoms. The van der Waals surface area contributed by atoms with E-state index in [2.05, 4.69) is 0 Å². The van der Waals surface area contributed by atoms with E-state index in [4.69, 9.17) is 11.5 Å². The molecular formula is C2H8AgN2+. The van der Waals surface area contributed by atoms with Gasteiger partial charge in [-0.2, -0.15) is 0 Å². The summed E-state index contributed by atoms with van der Waals surface area (Å²) in [5.41, 5.74) is 9.81. The van der Waals surface area contributed by atoms with Gasteiger partial charge in [-0.25, -0.2) is 0 Å². The first-order chi connectivity index (χ1) is 1.91. The number of hydrogen-bond acceptors (Lipinski definition) is 2. The van der Waals surface area contributed by atoms with Crippen LogP contribution in [0.3, 0.4) is 0 Å². The van der Waals surface area contributed by atoms with Crippen LogP contribution in [-0.2, 0) is 22.4 Å². The first kappa shape index (κ1) is 9.18. The molecule has 4 N–H and O–H groups in total. The summed E-state index contributed by atoms with van der Waals surface area (Å²) in [5, 5.41) is 0. The Morgan fingerprint density at radius 3 is 1.20 bits per heavy atom. The van der Waals surface area contributed by atoms with E-state index >= 15 is 0 Å². The molecule has 0 aliphatic carbocycles. The fourth-order valence-corrected chi connectivity index (χ4v) is 0. The molecule has 0 rings (SSSR count). The third kappa shape index (κ3) is 12.0. The van der Waals surface area contributed by atoms with E-state index < -0.39 is 0 Å². The van der Waals surface area contributed by atoms with Crippen molar-refractivity contribution in [2.75, 3.05) is 13.1 Å². The number of rotatable bonds is 1. The molecule has 36 valence electrons. The van der Waals surface area contributed by atoms with Crippen LogP contribution in [0.15, 0.2) is 0 Å². The first-order valence-corrected chi connectivity index (χ1v) is 1.32. The predicted octanol–water partition coefficient (Wildman–Crippen LogP) is -1.10. The molecule has 0 aromatic rings. The molecule has 0 radical (unpaired) electrons. The van der Waals surface area contributed by atoms with Crippen molar-refractivity contribution >= 4 is 0 Å². The second-order valence-electron chi connectivity index (χ2n) is 0.577. The van der Waals surface area contributed by atoms with Gasteiger partial charge in [-0.1, -0.05) is 0 Å². The van der Waals surface area contributed by atoms with Crippen LogP contribution in [0.25, 0.3) is 0 Å². The molecule has 3 heteroatoms. The average molecular weight is 168 g/mol. The smallest absolute Gasteiger partial charge is 0.329 e. The molecule has 0 saturated carbocycles. The minimum absolute atomic E-state index is 0. The zero-order valence-electron chi connectivity index (χ0n) is 2.87. The Hall–Kier alpha value is 0.660. The summed E-state index contributed by atoms with van der Waals surface area (Å²) in [4.78, 5) is 0. The van der Waals surface area contributed by atoms with E-state index in [-0.39, 0.29) is 22.4 Å². The maximum atomic E-state index is 4.90. The quantitative estimate of drug-likeness (QED) is 0.488. The van der Waals surface area contributed by atoms with Gasteiger partial charge in [-0.05, 0) is 0 Å². The zero-order chi connectivity index (χ0) is 3.41. The molecule has 0 fully saturated rings. The summed E-state index contributed by atoms with van der Waals surface area (Å²) in [6.45, 7) is 1.19. The van der Waals surface area contributed by atoms with Gasteiger partial charge in [0, 0.05) is 13.1 Å². The molecule has 0 amide bonds. The molecule has 0 aromatic carbocycles. The van der Waals surface area contributed by atoms with Crippen LogP contribution < -0.4 is 11.5 Å². The normalized spacial score (nSPS) is 6.00. The molecule has 2 nitrogen and oxygen atoms in total. The van der Waals surface area contributed by atoms with Crippen LogP contribution in [0.5, 0.6) is 0 Å². The molecule has 0 aliphatic heterocycles. The molecule has 0 saturated heterocycles. The average Bonchev–Trinajstić information content (AvgIpc) is 1.37. The minimum atomic E-state index is 0. The van der Waals surface area contributed by atoms with Crippen molar-refractivity contribution in [3.63, 3.8) is 0 Å². The Morgan fingerprint density at radius 2 is 1.20 bits per heavy atom. The van der Waals surface area contributed by atoms with Crippen molar-refractivity contribution in [2.45, 2.75) is 0 Å². The van der Waals surface area contributed by atoms with Crippen molar-refractivity contribution in [1.29, 1.82) is 0 Å². The van der Waals surface area contributed by atoms with E-state index in [1.54, 1.807) is 0 Å². The summed E-state index contributed by atoms with van der Waals surface area (Å²) in [6.07, 6.45) is 0. The van der Waals surface area contributed by atoms with E-state index in [1.807, 2.05) is 0 Å². The van der Waals surface area contributed by atoms with Crippen LogP contribution in [-0.4, -0.2) is 13.1 Å². The molecule has 0 aliphatic rings. The summed E-state index contributed by atoms with van der Waals surface area (Å²) in [7, 11) is 0. The molecule has 0 aromatic heterocycles. The number of nitrogens with two attached hydrogens (primary N) is 2. The largest absolute Gasteiger partial charge is 1.00 e.